The molecule has 16 aromatic carbocycles. The van der Waals surface area contributed by atoms with E-state index in [0.29, 0.717) is 9.94 Å². The van der Waals surface area contributed by atoms with Gasteiger partial charge in [0.15, 0.2) is 0 Å². The van der Waals surface area contributed by atoms with Crippen LogP contribution in [0.4, 0.5) is 4.39 Å². The van der Waals surface area contributed by atoms with Gasteiger partial charge >= 0.3 is 7.12 Å². The van der Waals surface area contributed by atoms with Crippen LogP contribution in [0.15, 0.2) is 371 Å². The van der Waals surface area contributed by atoms with Crippen LogP contribution in [0.1, 0.15) is 7.43 Å². The maximum Gasteiger partial charge on any atom is 0.490 e. The number of halogens is 4. The van der Waals surface area contributed by atoms with Crippen molar-refractivity contribution < 1.29 is 32.1 Å². The molecule has 0 spiro atoms. The lowest BCUT2D eigenvalue weighted by molar-refractivity contribution is 0.425. The van der Waals surface area contributed by atoms with Gasteiger partial charge in [-0.2, -0.15) is 0 Å². The zero-order chi connectivity index (χ0) is 74.5. The SMILES string of the molecule is Brc1ccccc1-n1c2ccccc2c2c3oc4ccccc4c3ccc21.Brc1ccccc1-n1c2ccccc2c2c3oc4ccccc4c3ccc21.C.Fc1ccccc1Br.OB(O)c1ccccc1-n1c2ccccc2c2c3oc4ccccc4c3ccc21.c1ccc2c(c1)[nH]c1ccc3c4ccccc4oc3c12. The summed E-state index contributed by atoms with van der Waals surface area (Å²) in [5, 5.41) is 38.2. The molecular formula is C97H63BBr3FN4O6. The van der Waals surface area contributed by atoms with Crippen molar-refractivity contribution in [3.8, 4) is 17.1 Å². The van der Waals surface area contributed by atoms with E-state index in [9.17, 15) is 14.4 Å². The fourth-order valence-electron chi connectivity index (χ4n) is 16.2. The Hall–Kier alpha value is -12.7. The van der Waals surface area contributed by atoms with E-state index in [1.54, 1.807) is 24.3 Å². The molecule has 112 heavy (non-hydrogen) atoms. The normalized spacial score (nSPS) is 11.6. The number of nitrogens with one attached hydrogen (secondary N) is 1. The highest BCUT2D eigenvalue weighted by molar-refractivity contribution is 9.11. The Morgan fingerprint density at radius 2 is 0.562 bits per heavy atom. The first-order chi connectivity index (χ1) is 54.6. The average molecular weight is 1650 g/mol. The highest BCUT2D eigenvalue weighted by Gasteiger charge is 2.25. The molecule has 0 aliphatic carbocycles. The van der Waals surface area contributed by atoms with Crippen LogP contribution < -0.4 is 5.46 Å². The molecule has 3 N–H and O–H groups in total. The molecule has 8 heterocycles. The number of hydrogen-bond acceptors (Lipinski definition) is 6. The Labute approximate surface area is 664 Å². The molecule has 0 radical (unpaired) electrons. The third kappa shape index (κ3) is 11.6. The average Bonchev–Trinajstić information content (AvgIpc) is 1.60. The summed E-state index contributed by atoms with van der Waals surface area (Å²) in [4.78, 5) is 3.45. The first-order valence-corrected chi connectivity index (χ1v) is 38.7. The molecule has 538 valence electrons. The molecule has 0 fully saturated rings. The third-order valence-corrected chi connectivity index (χ3v) is 23.0. The highest BCUT2D eigenvalue weighted by atomic mass is 79.9. The van der Waals surface area contributed by atoms with Gasteiger partial charge in [0.05, 0.1) is 76.0 Å². The van der Waals surface area contributed by atoms with Crippen molar-refractivity contribution in [3.63, 3.8) is 0 Å². The minimum atomic E-state index is -1.56. The quantitative estimate of drug-likeness (QED) is 0.151. The number of benzene rings is 16. The van der Waals surface area contributed by atoms with Gasteiger partial charge in [0.2, 0.25) is 0 Å². The molecule has 8 aromatic heterocycles. The Bertz CT molecular complexity index is 7560. The zero-order valence-corrected chi connectivity index (χ0v) is 63.5. The second-order valence-corrected chi connectivity index (χ2v) is 29.8. The second kappa shape index (κ2) is 28.6. The van der Waals surface area contributed by atoms with Crippen LogP contribution >= 0.6 is 47.8 Å². The highest BCUT2D eigenvalue weighted by Crippen LogP contribution is 2.46. The maximum atomic E-state index is 12.3. The van der Waals surface area contributed by atoms with Crippen LogP contribution in [0, 0.1) is 5.82 Å². The largest absolute Gasteiger partial charge is 0.490 e. The van der Waals surface area contributed by atoms with Gasteiger partial charge in [0.25, 0.3) is 0 Å². The van der Waals surface area contributed by atoms with Gasteiger partial charge in [-0.1, -0.05) is 208 Å². The predicted molar refractivity (Wildman–Crippen MR) is 473 cm³/mol. The van der Waals surface area contributed by atoms with Gasteiger partial charge in [-0.05, 0) is 187 Å². The molecule has 0 saturated carbocycles. The van der Waals surface area contributed by atoms with Gasteiger partial charge in [-0.15, -0.1) is 0 Å². The summed E-state index contributed by atoms with van der Waals surface area (Å²) >= 11 is 10.5. The number of hydrogen-bond donors (Lipinski definition) is 3. The summed E-state index contributed by atoms with van der Waals surface area (Å²) in [6.45, 7) is 0. The first-order valence-electron chi connectivity index (χ1n) is 36.3. The summed E-state index contributed by atoms with van der Waals surface area (Å²) in [6.07, 6.45) is 0. The molecule has 0 atom stereocenters. The van der Waals surface area contributed by atoms with Crippen LogP contribution in [-0.2, 0) is 0 Å². The van der Waals surface area contributed by atoms with Crippen LogP contribution in [0.3, 0.4) is 0 Å². The van der Waals surface area contributed by atoms with E-state index < -0.39 is 7.12 Å². The van der Waals surface area contributed by atoms with Gasteiger partial charge in [-0.25, -0.2) is 4.39 Å². The minimum Gasteiger partial charge on any atom is -0.455 e. The standard InChI is InChI=1S/C24H16BNO3.2C24H14BrNO.C18H11NO.C6H4BrF.CH4/c27-25(28)18-9-3-5-11-20(18)26-19-10-4-1-8-17(19)23-21(26)14-13-16-15-7-2-6-12-22(15)29-24(16)23;2*25-18-9-3-5-11-20(18)26-19-10-4-1-8-17(19)23-21(26)14-13-16-15-7-2-6-12-22(15)27-24(16)23;1-3-7-14-13(6-1)17-15(19-14)10-9-12-11-5-2-4-8-16(11)20-18(12)17;7-5-3-1-2-4-6(5)8;/h1-14,27-28H;2*1-14H;1-10,19H;1-4H;1H4. The van der Waals surface area contributed by atoms with Crippen LogP contribution in [0.5, 0.6) is 0 Å². The van der Waals surface area contributed by atoms with E-state index in [2.05, 4.69) is 267 Å². The number of aromatic amines is 1. The van der Waals surface area contributed by atoms with E-state index >= 15 is 0 Å². The smallest absolute Gasteiger partial charge is 0.455 e. The van der Waals surface area contributed by atoms with Gasteiger partial charge in [0, 0.05) is 90.2 Å². The lowest BCUT2D eigenvalue weighted by atomic mass is 9.79. The molecular weight excluding hydrogens is 1590 g/mol. The summed E-state index contributed by atoms with van der Waals surface area (Å²) in [6, 6.07) is 114. The molecule has 24 rings (SSSR count). The maximum absolute atomic E-state index is 12.3. The number of furan rings is 4. The first kappa shape index (κ1) is 69.7. The van der Waals surface area contributed by atoms with Crippen molar-refractivity contribution in [2.75, 3.05) is 0 Å². The molecule has 0 aliphatic rings. The molecule has 10 nitrogen and oxygen atoms in total. The number of rotatable bonds is 4. The monoisotopic (exact) mass is 1650 g/mol. The zero-order valence-electron chi connectivity index (χ0n) is 58.8. The molecule has 0 amide bonds. The Kier molecular flexibility index (Phi) is 17.8. The summed E-state index contributed by atoms with van der Waals surface area (Å²) in [5.41, 5.74) is 19.7. The van der Waals surface area contributed by atoms with Crippen molar-refractivity contribution in [1.29, 1.82) is 0 Å². The summed E-state index contributed by atoms with van der Waals surface area (Å²) in [7, 11) is -1.56. The van der Waals surface area contributed by atoms with Crippen molar-refractivity contribution in [1.82, 2.24) is 18.7 Å². The fourth-order valence-corrected chi connectivity index (χ4v) is 17.4. The third-order valence-electron chi connectivity index (χ3n) is 21.0. The van der Waals surface area contributed by atoms with E-state index in [1.807, 2.05) is 109 Å². The molecule has 15 heteroatoms. The van der Waals surface area contributed by atoms with Crippen LogP contribution in [0.25, 0.3) is 192 Å². The molecule has 0 bridgehead atoms. The van der Waals surface area contributed by atoms with Crippen molar-refractivity contribution >= 4 is 235 Å². The summed E-state index contributed by atoms with van der Waals surface area (Å²) in [5.74, 6) is -0.215. The number of nitrogens with zero attached hydrogens (tertiary/aromatic N) is 3. The molecule has 0 saturated heterocycles. The Balaban J connectivity index is 0.0000000975. The lowest BCUT2D eigenvalue weighted by Crippen LogP contribution is -2.33. The topological polar surface area (TPSA) is 124 Å². The minimum absolute atomic E-state index is 0. The fraction of sp³-hybridized carbons (Fsp3) is 0.0103. The number of aromatic nitrogens is 4. The van der Waals surface area contributed by atoms with Gasteiger partial charge in [0.1, 0.15) is 50.5 Å². The molecule has 0 aliphatic heterocycles. The van der Waals surface area contributed by atoms with Crippen LogP contribution in [0.2, 0.25) is 0 Å². The van der Waals surface area contributed by atoms with Gasteiger partial charge < -0.3 is 46.4 Å². The van der Waals surface area contributed by atoms with E-state index in [0.717, 1.165) is 158 Å². The number of fused-ring (bicyclic) bond motifs is 28. The van der Waals surface area contributed by atoms with E-state index in [-0.39, 0.29) is 13.2 Å². The van der Waals surface area contributed by atoms with E-state index in [1.165, 1.54) is 49.4 Å². The van der Waals surface area contributed by atoms with Crippen LogP contribution in [-0.4, -0.2) is 35.9 Å². The van der Waals surface area contributed by atoms with Crippen molar-refractivity contribution in [2.45, 2.75) is 7.43 Å². The van der Waals surface area contributed by atoms with Crippen molar-refractivity contribution in [2.24, 2.45) is 0 Å². The number of H-pyrrole nitrogens is 1. The van der Waals surface area contributed by atoms with Crippen molar-refractivity contribution in [3.05, 3.63) is 359 Å². The lowest BCUT2D eigenvalue weighted by Gasteiger charge is -2.13. The van der Waals surface area contributed by atoms with Gasteiger partial charge in [-0.3, -0.25) is 0 Å². The predicted octanol–water partition coefficient (Wildman–Crippen LogP) is 27.7. The number of para-hydroxylation sites is 11. The second-order valence-electron chi connectivity index (χ2n) is 27.2. The molecule has 24 aromatic rings. The summed E-state index contributed by atoms with van der Waals surface area (Å²) < 4.78 is 46.7. The van der Waals surface area contributed by atoms with E-state index in [4.69, 9.17) is 17.7 Å². The Morgan fingerprint density at radius 1 is 0.259 bits per heavy atom. The Morgan fingerprint density at radius 3 is 0.946 bits per heavy atom. The molecule has 0 unspecified atom stereocenters.